The summed E-state index contributed by atoms with van der Waals surface area (Å²) in [5.74, 6) is 0.441. The number of carbonyl (C=O) groups is 2. The molecule has 0 saturated carbocycles. The summed E-state index contributed by atoms with van der Waals surface area (Å²) in [5, 5.41) is 15.1. The van der Waals surface area contributed by atoms with E-state index in [2.05, 4.69) is 25.7 Å². The van der Waals surface area contributed by atoms with Gasteiger partial charge >= 0.3 is 0 Å². The van der Waals surface area contributed by atoms with Crippen LogP contribution in [0.1, 0.15) is 22.8 Å². The third-order valence-corrected chi connectivity index (χ3v) is 6.33. The Morgan fingerprint density at radius 2 is 1.85 bits per heavy atom. The van der Waals surface area contributed by atoms with Crippen LogP contribution in [0.25, 0.3) is 0 Å². The largest absolute Gasteiger partial charge is 0.378 e. The molecule has 0 aliphatic carbocycles. The first-order chi connectivity index (χ1) is 16.5. The van der Waals surface area contributed by atoms with Gasteiger partial charge in [-0.1, -0.05) is 36.0 Å². The summed E-state index contributed by atoms with van der Waals surface area (Å²) in [6, 6.07) is 14.5. The molecule has 2 heterocycles. The van der Waals surface area contributed by atoms with Crippen LogP contribution in [-0.4, -0.2) is 58.6 Å². The topological polar surface area (TPSA) is 101 Å². The average molecular weight is 481 g/mol. The number of thioether (sulfide) groups is 1. The van der Waals surface area contributed by atoms with Gasteiger partial charge in [-0.05, 0) is 43.7 Å². The highest BCUT2D eigenvalue weighted by Crippen LogP contribution is 2.24. The number of carbonyl (C=O) groups excluding carboxylic acids is 2. The molecule has 9 nitrogen and oxygen atoms in total. The van der Waals surface area contributed by atoms with Crippen molar-refractivity contribution in [3.05, 3.63) is 59.7 Å². The number of nitrogens with one attached hydrogen (secondary N) is 2. The SMILES string of the molecule is CCn1c(SCC(=O)Nc2ccccc2C(=O)Nc2cccc(C)c2)nnc1N1CCOCC1. The van der Waals surface area contributed by atoms with Crippen molar-refractivity contribution in [2.45, 2.75) is 25.5 Å². The van der Waals surface area contributed by atoms with E-state index in [-0.39, 0.29) is 17.6 Å². The van der Waals surface area contributed by atoms with E-state index in [0.29, 0.717) is 41.9 Å². The number of morpholine rings is 1. The third-order valence-electron chi connectivity index (χ3n) is 5.36. The summed E-state index contributed by atoms with van der Waals surface area (Å²) < 4.78 is 7.42. The van der Waals surface area contributed by atoms with Crippen molar-refractivity contribution in [2.75, 3.05) is 47.6 Å². The van der Waals surface area contributed by atoms with Gasteiger partial charge in [-0.25, -0.2) is 0 Å². The van der Waals surface area contributed by atoms with E-state index in [0.717, 1.165) is 24.6 Å². The first kappa shape index (κ1) is 23.8. The van der Waals surface area contributed by atoms with E-state index in [1.807, 2.05) is 42.7 Å². The number of benzene rings is 2. The van der Waals surface area contributed by atoms with Crippen molar-refractivity contribution in [3.8, 4) is 0 Å². The quantitative estimate of drug-likeness (QED) is 0.476. The Hall–Kier alpha value is -3.37. The fourth-order valence-corrected chi connectivity index (χ4v) is 4.49. The maximum atomic E-state index is 12.8. The molecule has 2 amide bonds. The molecule has 0 bridgehead atoms. The molecule has 1 fully saturated rings. The van der Waals surface area contributed by atoms with E-state index in [4.69, 9.17) is 4.74 Å². The predicted octanol–water partition coefficient (Wildman–Crippen LogP) is 3.43. The minimum absolute atomic E-state index is 0.148. The molecule has 1 aromatic heterocycles. The molecule has 10 heteroatoms. The predicted molar refractivity (Wildman–Crippen MR) is 134 cm³/mol. The number of ether oxygens (including phenoxy) is 1. The van der Waals surface area contributed by atoms with Gasteiger partial charge in [0.05, 0.1) is 30.2 Å². The van der Waals surface area contributed by atoms with Crippen LogP contribution < -0.4 is 15.5 Å². The van der Waals surface area contributed by atoms with Crippen molar-refractivity contribution in [3.63, 3.8) is 0 Å². The summed E-state index contributed by atoms with van der Waals surface area (Å²) in [7, 11) is 0. The first-order valence-corrected chi connectivity index (χ1v) is 12.2. The lowest BCUT2D eigenvalue weighted by molar-refractivity contribution is -0.113. The summed E-state index contributed by atoms with van der Waals surface area (Å²) in [4.78, 5) is 27.7. The lowest BCUT2D eigenvalue weighted by atomic mass is 10.1. The Morgan fingerprint density at radius 3 is 2.62 bits per heavy atom. The van der Waals surface area contributed by atoms with Crippen LogP contribution in [0, 0.1) is 6.92 Å². The minimum atomic E-state index is -0.282. The normalized spacial score (nSPS) is 13.5. The number of nitrogens with zero attached hydrogens (tertiary/aromatic N) is 4. The fourth-order valence-electron chi connectivity index (χ4n) is 3.69. The minimum Gasteiger partial charge on any atom is -0.378 e. The van der Waals surface area contributed by atoms with Crippen molar-refractivity contribution < 1.29 is 14.3 Å². The molecule has 1 aliphatic rings. The maximum absolute atomic E-state index is 12.8. The van der Waals surface area contributed by atoms with Crippen LogP contribution in [-0.2, 0) is 16.1 Å². The molecule has 178 valence electrons. The molecule has 1 aliphatic heterocycles. The molecule has 2 aromatic carbocycles. The molecule has 4 rings (SSSR count). The number of aromatic nitrogens is 3. The molecule has 34 heavy (non-hydrogen) atoms. The molecular formula is C24H28N6O3S. The lowest BCUT2D eigenvalue weighted by Crippen LogP contribution is -2.38. The van der Waals surface area contributed by atoms with Crippen molar-refractivity contribution in [1.29, 1.82) is 0 Å². The number of hydrogen-bond donors (Lipinski definition) is 2. The van der Waals surface area contributed by atoms with Crippen LogP contribution in [0.15, 0.2) is 53.7 Å². The first-order valence-electron chi connectivity index (χ1n) is 11.2. The second kappa shape index (κ2) is 11.2. The second-order valence-electron chi connectivity index (χ2n) is 7.83. The number of anilines is 3. The van der Waals surface area contributed by atoms with Crippen molar-refractivity contribution in [1.82, 2.24) is 14.8 Å². The highest BCUT2D eigenvalue weighted by atomic mass is 32.2. The Bertz CT molecular complexity index is 1160. The molecular weight excluding hydrogens is 452 g/mol. The Balaban J connectivity index is 1.39. The van der Waals surface area contributed by atoms with E-state index in [9.17, 15) is 9.59 Å². The van der Waals surface area contributed by atoms with E-state index in [1.54, 1.807) is 24.3 Å². The molecule has 0 radical (unpaired) electrons. The van der Waals surface area contributed by atoms with Crippen LogP contribution >= 0.6 is 11.8 Å². The highest BCUT2D eigenvalue weighted by molar-refractivity contribution is 7.99. The van der Waals surface area contributed by atoms with E-state index >= 15 is 0 Å². The van der Waals surface area contributed by atoms with Crippen LogP contribution in [0.5, 0.6) is 0 Å². The average Bonchev–Trinajstić information content (AvgIpc) is 3.26. The Morgan fingerprint density at radius 1 is 1.06 bits per heavy atom. The Labute approximate surface area is 202 Å². The summed E-state index contributed by atoms with van der Waals surface area (Å²) in [6.07, 6.45) is 0. The summed E-state index contributed by atoms with van der Waals surface area (Å²) >= 11 is 1.32. The maximum Gasteiger partial charge on any atom is 0.257 e. The van der Waals surface area contributed by atoms with Gasteiger partial charge in [-0.3, -0.25) is 14.2 Å². The standard InChI is InChI=1S/C24H28N6O3S/c1-3-30-23(29-11-13-33-14-12-29)27-28-24(30)34-16-21(31)26-20-10-5-4-9-19(20)22(32)25-18-8-6-7-17(2)15-18/h4-10,15H,3,11-14,16H2,1-2H3,(H,25,32)(H,26,31). The second-order valence-corrected chi connectivity index (χ2v) is 8.77. The highest BCUT2D eigenvalue weighted by Gasteiger charge is 2.21. The number of para-hydroxylation sites is 1. The van der Waals surface area contributed by atoms with Gasteiger partial charge < -0.3 is 20.3 Å². The number of amides is 2. The third kappa shape index (κ3) is 5.75. The van der Waals surface area contributed by atoms with Gasteiger partial charge in [0, 0.05) is 25.3 Å². The summed E-state index contributed by atoms with van der Waals surface area (Å²) in [6.45, 7) is 7.56. The van der Waals surface area contributed by atoms with E-state index in [1.165, 1.54) is 11.8 Å². The zero-order valence-electron chi connectivity index (χ0n) is 19.3. The molecule has 2 N–H and O–H groups in total. The van der Waals surface area contributed by atoms with Gasteiger partial charge in [-0.2, -0.15) is 0 Å². The van der Waals surface area contributed by atoms with E-state index < -0.39 is 0 Å². The molecule has 1 saturated heterocycles. The molecule has 3 aromatic rings. The van der Waals surface area contributed by atoms with Gasteiger partial charge in [0.25, 0.3) is 5.91 Å². The smallest absolute Gasteiger partial charge is 0.257 e. The number of rotatable bonds is 8. The summed E-state index contributed by atoms with van der Waals surface area (Å²) in [5.41, 5.74) is 2.61. The van der Waals surface area contributed by atoms with Crippen molar-refractivity contribution in [2.24, 2.45) is 0 Å². The van der Waals surface area contributed by atoms with Crippen LogP contribution in [0.4, 0.5) is 17.3 Å². The van der Waals surface area contributed by atoms with Crippen LogP contribution in [0.2, 0.25) is 0 Å². The van der Waals surface area contributed by atoms with Crippen molar-refractivity contribution >= 4 is 40.9 Å². The van der Waals surface area contributed by atoms with Crippen LogP contribution in [0.3, 0.4) is 0 Å². The zero-order chi connectivity index (χ0) is 23.9. The number of aryl methyl sites for hydroxylation is 1. The molecule has 0 unspecified atom stereocenters. The fraction of sp³-hybridized carbons (Fsp3) is 0.333. The van der Waals surface area contributed by atoms with Gasteiger partial charge in [0.2, 0.25) is 11.9 Å². The number of hydrogen-bond acceptors (Lipinski definition) is 7. The van der Waals surface area contributed by atoms with Gasteiger partial charge in [-0.15, -0.1) is 10.2 Å². The van der Waals surface area contributed by atoms with Gasteiger partial charge in [0.15, 0.2) is 5.16 Å². The van der Waals surface area contributed by atoms with Gasteiger partial charge in [0.1, 0.15) is 0 Å². The Kier molecular flexibility index (Phi) is 7.81. The molecule has 0 atom stereocenters. The monoisotopic (exact) mass is 480 g/mol. The molecule has 0 spiro atoms. The lowest BCUT2D eigenvalue weighted by Gasteiger charge is -2.27. The zero-order valence-corrected chi connectivity index (χ0v) is 20.1.